The second-order valence-electron chi connectivity index (χ2n) is 13.3. The number of hydrogen-bond donors (Lipinski definition) is 3. The van der Waals surface area contributed by atoms with E-state index in [2.05, 4.69) is 10.2 Å². The quantitative estimate of drug-likeness (QED) is 0.0680. The molecule has 5 aromatic carbocycles. The fraction of sp³-hybridized carbons (Fsp3) is 0.262. The molecule has 12 heteroatoms. The topological polar surface area (TPSA) is 91.3 Å². The van der Waals surface area contributed by atoms with Crippen LogP contribution in [-0.4, -0.2) is 46.8 Å². The van der Waals surface area contributed by atoms with Crippen LogP contribution in [0.25, 0.3) is 11.1 Å². The van der Waals surface area contributed by atoms with Gasteiger partial charge in [0.25, 0.3) is 5.91 Å². The highest BCUT2D eigenvalue weighted by Crippen LogP contribution is 2.39. The van der Waals surface area contributed by atoms with Crippen LogP contribution in [0, 0.1) is 29.1 Å². The minimum atomic E-state index is -2.34. The van der Waals surface area contributed by atoms with Crippen molar-refractivity contribution in [3.8, 4) is 11.1 Å². The highest BCUT2D eigenvalue weighted by Gasteiger charge is 2.34. The van der Waals surface area contributed by atoms with Gasteiger partial charge >= 0.3 is 0 Å². The number of halogens is 5. The molecule has 1 aliphatic rings. The van der Waals surface area contributed by atoms with Crippen LogP contribution >= 0.6 is 0 Å². The van der Waals surface area contributed by atoms with E-state index in [1.165, 1.54) is 0 Å². The molecule has 0 aromatic heterocycles. The monoisotopic (exact) mass is 746 g/mol. The molecule has 6 rings (SSSR count). The van der Waals surface area contributed by atoms with E-state index < -0.39 is 53.0 Å². The molecule has 54 heavy (non-hydrogen) atoms. The molecule has 0 radical (unpaired) electrons. The first-order valence-electron chi connectivity index (χ1n) is 17.4. The number of ether oxygens (including phenoxy) is 2. The van der Waals surface area contributed by atoms with Gasteiger partial charge in [-0.3, -0.25) is 9.69 Å². The lowest BCUT2D eigenvalue weighted by Gasteiger charge is -2.39. The van der Waals surface area contributed by atoms with Gasteiger partial charge in [0.05, 0.1) is 24.9 Å². The Labute approximate surface area is 309 Å². The molecule has 5 atom stereocenters. The van der Waals surface area contributed by atoms with E-state index in [4.69, 9.17) is 9.47 Å². The van der Waals surface area contributed by atoms with Crippen LogP contribution in [0.1, 0.15) is 70.0 Å². The molecule has 1 amide bonds. The first-order valence-corrected chi connectivity index (χ1v) is 17.4. The molecule has 0 bridgehead atoms. The summed E-state index contributed by atoms with van der Waals surface area (Å²) in [6.07, 6.45) is -1.61. The lowest BCUT2D eigenvalue weighted by atomic mass is 9.97. The number of benzene rings is 5. The van der Waals surface area contributed by atoms with E-state index in [1.54, 1.807) is 18.2 Å². The summed E-state index contributed by atoms with van der Waals surface area (Å²) in [5.41, 5.74) is 3.64. The van der Waals surface area contributed by atoms with Crippen LogP contribution in [0.4, 0.5) is 22.0 Å². The summed E-state index contributed by atoms with van der Waals surface area (Å²) in [5, 5.41) is 22.9. The maximum absolute atomic E-state index is 14.2. The van der Waals surface area contributed by atoms with Crippen molar-refractivity contribution in [1.82, 2.24) is 10.2 Å². The maximum atomic E-state index is 14.2. The number of nitrogens with one attached hydrogen (secondary N) is 1. The lowest BCUT2D eigenvalue weighted by molar-refractivity contribution is -0.253. The average molecular weight is 747 g/mol. The van der Waals surface area contributed by atoms with Gasteiger partial charge in [-0.15, -0.1) is 0 Å². The summed E-state index contributed by atoms with van der Waals surface area (Å²) in [6.45, 7) is 2.11. The summed E-state index contributed by atoms with van der Waals surface area (Å²) in [7, 11) is 1.94. The number of rotatable bonds is 12. The molecule has 1 saturated heterocycles. The fourth-order valence-corrected chi connectivity index (χ4v) is 6.49. The van der Waals surface area contributed by atoms with E-state index >= 15 is 0 Å². The van der Waals surface area contributed by atoms with Gasteiger partial charge in [-0.05, 0) is 59.5 Å². The van der Waals surface area contributed by atoms with Gasteiger partial charge in [0.2, 0.25) is 5.82 Å². The Morgan fingerprint density at radius 3 is 2.07 bits per heavy atom. The summed E-state index contributed by atoms with van der Waals surface area (Å²) in [5.74, 6) is -12.6. The van der Waals surface area contributed by atoms with Crippen molar-refractivity contribution in [2.24, 2.45) is 0 Å². The van der Waals surface area contributed by atoms with Gasteiger partial charge in [0.15, 0.2) is 29.6 Å². The van der Waals surface area contributed by atoms with Crippen molar-refractivity contribution in [3.05, 3.63) is 166 Å². The van der Waals surface area contributed by atoms with Crippen LogP contribution in [0.3, 0.4) is 0 Å². The Balaban J connectivity index is 1.21. The van der Waals surface area contributed by atoms with Gasteiger partial charge in [0.1, 0.15) is 5.56 Å². The summed E-state index contributed by atoms with van der Waals surface area (Å²) >= 11 is 0. The standard InChI is InChI=1S/C42H39F5N2O5/c1-24(40(51)28-9-4-3-5-10-28)49(2)22-32-20-33(27-16-14-25(23-50)15-17-27)54-42(53-32)31-13-7-12-30(19-31)29-11-6-8-26(18-29)21-48-41(52)34-35(43)37(45)39(47)38(46)36(34)44/h3-19,24,32-33,40,42,50-51H,20-23H2,1-2H3,(H,48,52). The predicted molar refractivity (Wildman–Crippen MR) is 191 cm³/mol. The SMILES string of the molecule is CC(C(O)c1ccccc1)N(C)CC1CC(c2ccc(CO)cc2)OC(c2cccc(-c3cccc(CNC(=O)c4c(F)c(F)c(F)c(F)c4F)c3)c2)O1. The van der Waals surface area contributed by atoms with E-state index in [0.717, 1.165) is 27.8 Å². The van der Waals surface area contributed by atoms with Crippen LogP contribution in [0.5, 0.6) is 0 Å². The molecule has 1 aliphatic heterocycles. The number of nitrogens with zero attached hydrogens (tertiary/aromatic N) is 1. The smallest absolute Gasteiger partial charge is 0.257 e. The summed E-state index contributed by atoms with van der Waals surface area (Å²) in [6, 6.07) is 31.2. The Kier molecular flexibility index (Phi) is 12.2. The highest BCUT2D eigenvalue weighted by atomic mass is 19.2. The van der Waals surface area contributed by atoms with Gasteiger partial charge < -0.3 is 25.0 Å². The highest BCUT2D eigenvalue weighted by molar-refractivity contribution is 5.94. The molecule has 3 N–H and O–H groups in total. The van der Waals surface area contributed by atoms with Crippen molar-refractivity contribution >= 4 is 5.91 Å². The third kappa shape index (κ3) is 8.53. The molecule has 5 aromatic rings. The Morgan fingerprint density at radius 2 is 1.41 bits per heavy atom. The summed E-state index contributed by atoms with van der Waals surface area (Å²) in [4.78, 5) is 14.6. The third-order valence-corrected chi connectivity index (χ3v) is 9.71. The van der Waals surface area contributed by atoms with Crippen LogP contribution in [0.15, 0.2) is 103 Å². The first kappa shape index (κ1) is 38.7. The number of aliphatic hydroxyl groups excluding tert-OH is 2. The average Bonchev–Trinajstić information content (AvgIpc) is 3.21. The van der Waals surface area contributed by atoms with E-state index in [1.807, 2.05) is 98.9 Å². The van der Waals surface area contributed by atoms with Crippen molar-refractivity contribution in [1.29, 1.82) is 0 Å². The second-order valence-corrected chi connectivity index (χ2v) is 13.3. The number of carbonyl (C=O) groups is 1. The van der Waals surface area contributed by atoms with Crippen LogP contribution < -0.4 is 5.32 Å². The van der Waals surface area contributed by atoms with Crippen molar-refractivity contribution < 1.29 is 46.4 Å². The fourth-order valence-electron chi connectivity index (χ4n) is 6.49. The first-order chi connectivity index (χ1) is 25.9. The van der Waals surface area contributed by atoms with E-state index in [0.29, 0.717) is 24.1 Å². The number of aliphatic hydroxyl groups is 2. The zero-order valence-electron chi connectivity index (χ0n) is 29.5. The number of carbonyl (C=O) groups excluding carboxylic acids is 1. The predicted octanol–water partition coefficient (Wildman–Crippen LogP) is 8.07. The summed E-state index contributed by atoms with van der Waals surface area (Å²) < 4.78 is 82.4. The van der Waals surface area contributed by atoms with Crippen molar-refractivity contribution in [2.45, 2.75) is 57.1 Å². The van der Waals surface area contributed by atoms with Gasteiger partial charge in [-0.25, -0.2) is 22.0 Å². The number of likely N-dealkylation sites (N-methyl/N-ethyl adjacent to an activating group) is 1. The van der Waals surface area contributed by atoms with E-state index in [-0.39, 0.29) is 31.4 Å². The minimum Gasteiger partial charge on any atom is -0.392 e. The molecule has 0 spiro atoms. The Hall–Kier alpha value is -4.98. The third-order valence-electron chi connectivity index (χ3n) is 9.71. The molecule has 0 aliphatic carbocycles. The van der Waals surface area contributed by atoms with E-state index in [9.17, 15) is 37.0 Å². The van der Waals surface area contributed by atoms with Crippen molar-refractivity contribution in [3.63, 3.8) is 0 Å². The number of hydrogen-bond acceptors (Lipinski definition) is 6. The van der Waals surface area contributed by atoms with Crippen LogP contribution in [-0.2, 0) is 22.6 Å². The zero-order chi connectivity index (χ0) is 38.5. The van der Waals surface area contributed by atoms with Gasteiger partial charge in [-0.1, -0.05) is 91.0 Å². The Morgan fingerprint density at radius 1 is 0.778 bits per heavy atom. The van der Waals surface area contributed by atoms with Gasteiger partial charge in [-0.2, -0.15) is 0 Å². The molecule has 1 heterocycles. The lowest BCUT2D eigenvalue weighted by Crippen LogP contribution is -2.43. The zero-order valence-corrected chi connectivity index (χ0v) is 29.5. The van der Waals surface area contributed by atoms with Gasteiger partial charge in [0, 0.05) is 31.1 Å². The molecule has 0 saturated carbocycles. The minimum absolute atomic E-state index is 0.0850. The Bertz CT molecular complexity index is 2060. The normalized spacial score (nSPS) is 18.4. The molecule has 1 fully saturated rings. The van der Waals surface area contributed by atoms with Crippen LogP contribution in [0.2, 0.25) is 0 Å². The number of amides is 1. The molecular weight excluding hydrogens is 707 g/mol. The molecule has 7 nitrogen and oxygen atoms in total. The van der Waals surface area contributed by atoms with Crippen molar-refractivity contribution in [2.75, 3.05) is 13.6 Å². The molecule has 282 valence electrons. The second kappa shape index (κ2) is 17.0. The molecular formula is C42H39F5N2O5. The molecule has 5 unspecified atom stereocenters. The largest absolute Gasteiger partial charge is 0.392 e. The maximum Gasteiger partial charge on any atom is 0.257 e.